The standard InChI is InChI=1S/C9H11F2N3/c10-8(11)9(3-4-9)6-12-7-2-1-5-13-14-7/h1-2,5,8H,3-4,6H2,(H,12,14). The maximum absolute atomic E-state index is 12.5. The number of alkyl halides is 2. The summed E-state index contributed by atoms with van der Waals surface area (Å²) in [7, 11) is 0. The van der Waals surface area contributed by atoms with Crippen molar-refractivity contribution < 1.29 is 8.78 Å². The minimum Gasteiger partial charge on any atom is -0.368 e. The van der Waals surface area contributed by atoms with Gasteiger partial charge in [0, 0.05) is 18.2 Å². The molecule has 1 fully saturated rings. The maximum Gasteiger partial charge on any atom is 0.245 e. The summed E-state index contributed by atoms with van der Waals surface area (Å²) >= 11 is 0. The lowest BCUT2D eigenvalue weighted by Gasteiger charge is -2.14. The normalized spacial score (nSPS) is 18.2. The van der Waals surface area contributed by atoms with Crippen LogP contribution in [0.5, 0.6) is 0 Å². The number of anilines is 1. The van der Waals surface area contributed by atoms with Crippen LogP contribution in [0.1, 0.15) is 12.8 Å². The predicted octanol–water partition coefficient (Wildman–Crippen LogP) is 1.93. The zero-order chi connectivity index (χ0) is 10.0. The first-order valence-corrected chi connectivity index (χ1v) is 4.53. The van der Waals surface area contributed by atoms with Gasteiger partial charge in [0.05, 0.1) is 0 Å². The maximum atomic E-state index is 12.5. The molecule has 76 valence electrons. The van der Waals surface area contributed by atoms with Crippen LogP contribution in [-0.2, 0) is 0 Å². The van der Waals surface area contributed by atoms with Crippen molar-refractivity contribution in [1.82, 2.24) is 10.2 Å². The van der Waals surface area contributed by atoms with Crippen molar-refractivity contribution in [3.63, 3.8) is 0 Å². The molecule has 0 atom stereocenters. The number of nitrogens with zero attached hydrogens (tertiary/aromatic N) is 2. The average Bonchev–Trinajstić information content (AvgIpc) is 2.97. The lowest BCUT2D eigenvalue weighted by molar-refractivity contribution is 0.0687. The largest absolute Gasteiger partial charge is 0.368 e. The van der Waals surface area contributed by atoms with E-state index in [0.29, 0.717) is 18.7 Å². The van der Waals surface area contributed by atoms with Gasteiger partial charge >= 0.3 is 0 Å². The fourth-order valence-electron chi connectivity index (χ4n) is 1.30. The van der Waals surface area contributed by atoms with Crippen LogP contribution in [0.2, 0.25) is 0 Å². The van der Waals surface area contributed by atoms with Gasteiger partial charge in [-0.25, -0.2) is 8.78 Å². The van der Waals surface area contributed by atoms with Gasteiger partial charge in [0.25, 0.3) is 0 Å². The zero-order valence-electron chi connectivity index (χ0n) is 7.58. The van der Waals surface area contributed by atoms with E-state index in [9.17, 15) is 8.78 Å². The monoisotopic (exact) mass is 199 g/mol. The second kappa shape index (κ2) is 3.48. The van der Waals surface area contributed by atoms with E-state index >= 15 is 0 Å². The van der Waals surface area contributed by atoms with Crippen molar-refractivity contribution in [1.29, 1.82) is 0 Å². The molecule has 0 spiro atoms. The molecule has 5 heteroatoms. The highest BCUT2D eigenvalue weighted by molar-refractivity contribution is 5.32. The van der Waals surface area contributed by atoms with Crippen molar-refractivity contribution in [3.05, 3.63) is 18.3 Å². The van der Waals surface area contributed by atoms with Crippen molar-refractivity contribution in [2.24, 2.45) is 5.41 Å². The Kier molecular flexibility index (Phi) is 2.31. The number of nitrogens with one attached hydrogen (secondary N) is 1. The molecule has 0 saturated heterocycles. The molecule has 0 bridgehead atoms. The highest BCUT2D eigenvalue weighted by Gasteiger charge is 2.50. The van der Waals surface area contributed by atoms with E-state index in [0.717, 1.165) is 0 Å². The summed E-state index contributed by atoms with van der Waals surface area (Å²) in [4.78, 5) is 0. The Morgan fingerprint density at radius 2 is 2.29 bits per heavy atom. The summed E-state index contributed by atoms with van der Waals surface area (Å²) in [6, 6.07) is 3.44. The number of hydrogen-bond donors (Lipinski definition) is 1. The van der Waals surface area contributed by atoms with Gasteiger partial charge in [-0.05, 0) is 25.0 Å². The average molecular weight is 199 g/mol. The van der Waals surface area contributed by atoms with Crippen LogP contribution in [0, 0.1) is 5.41 Å². The molecule has 0 aliphatic heterocycles. The SMILES string of the molecule is FC(F)C1(CNc2cccnn2)CC1. The van der Waals surface area contributed by atoms with Crippen molar-refractivity contribution in [2.45, 2.75) is 19.3 Å². The van der Waals surface area contributed by atoms with E-state index in [4.69, 9.17) is 0 Å². The molecule has 1 saturated carbocycles. The number of rotatable bonds is 4. The van der Waals surface area contributed by atoms with Crippen LogP contribution in [0.3, 0.4) is 0 Å². The van der Waals surface area contributed by atoms with E-state index in [1.54, 1.807) is 18.3 Å². The van der Waals surface area contributed by atoms with E-state index in [1.807, 2.05) is 0 Å². The third kappa shape index (κ3) is 1.81. The molecule has 0 amide bonds. The molecule has 3 nitrogen and oxygen atoms in total. The molecule has 14 heavy (non-hydrogen) atoms. The molecular formula is C9H11F2N3. The minimum atomic E-state index is -2.24. The van der Waals surface area contributed by atoms with Gasteiger partial charge in [-0.1, -0.05) is 0 Å². The Morgan fingerprint density at radius 3 is 2.79 bits per heavy atom. The molecule has 0 aromatic carbocycles. The third-order valence-electron chi connectivity index (χ3n) is 2.55. The smallest absolute Gasteiger partial charge is 0.245 e. The fourth-order valence-corrected chi connectivity index (χ4v) is 1.30. The number of aromatic nitrogens is 2. The highest BCUT2D eigenvalue weighted by Crippen LogP contribution is 2.50. The molecule has 1 aromatic heterocycles. The summed E-state index contributed by atoms with van der Waals surface area (Å²) in [6.07, 6.45) is 0.493. The van der Waals surface area contributed by atoms with E-state index in [1.165, 1.54) is 0 Å². The second-order valence-electron chi connectivity index (χ2n) is 3.63. The third-order valence-corrected chi connectivity index (χ3v) is 2.55. The molecule has 1 heterocycles. The van der Waals surface area contributed by atoms with Crippen LogP contribution in [0.4, 0.5) is 14.6 Å². The van der Waals surface area contributed by atoms with Gasteiger partial charge < -0.3 is 5.32 Å². The van der Waals surface area contributed by atoms with Crippen LogP contribution in [-0.4, -0.2) is 23.2 Å². The molecule has 2 rings (SSSR count). The first-order chi connectivity index (χ1) is 6.73. The predicted molar refractivity (Wildman–Crippen MR) is 48.2 cm³/mol. The van der Waals surface area contributed by atoms with Crippen LogP contribution in [0.15, 0.2) is 18.3 Å². The molecule has 1 aliphatic carbocycles. The number of hydrogen-bond acceptors (Lipinski definition) is 3. The fraction of sp³-hybridized carbons (Fsp3) is 0.556. The zero-order valence-corrected chi connectivity index (χ0v) is 7.58. The first-order valence-electron chi connectivity index (χ1n) is 4.53. The first kappa shape index (κ1) is 9.30. The molecule has 1 aromatic rings. The van der Waals surface area contributed by atoms with Gasteiger partial charge in [-0.15, -0.1) is 5.10 Å². The van der Waals surface area contributed by atoms with Gasteiger partial charge in [-0.3, -0.25) is 0 Å². The Balaban J connectivity index is 1.89. The van der Waals surface area contributed by atoms with Gasteiger partial charge in [0.1, 0.15) is 5.82 Å². The summed E-state index contributed by atoms with van der Waals surface area (Å²) < 4.78 is 25.0. The van der Waals surface area contributed by atoms with E-state index in [2.05, 4.69) is 15.5 Å². The lowest BCUT2D eigenvalue weighted by atomic mass is 10.1. The van der Waals surface area contributed by atoms with Crippen LogP contribution >= 0.6 is 0 Å². The molecule has 1 N–H and O–H groups in total. The van der Waals surface area contributed by atoms with E-state index < -0.39 is 11.8 Å². The van der Waals surface area contributed by atoms with Gasteiger partial charge in [0.15, 0.2) is 0 Å². The Morgan fingerprint density at radius 1 is 1.50 bits per heavy atom. The molecular weight excluding hydrogens is 188 g/mol. The summed E-state index contributed by atoms with van der Waals surface area (Å²) in [5, 5.41) is 10.3. The van der Waals surface area contributed by atoms with Crippen LogP contribution < -0.4 is 5.32 Å². The quantitative estimate of drug-likeness (QED) is 0.805. The Labute approximate surface area is 80.5 Å². The lowest BCUT2D eigenvalue weighted by Crippen LogP contribution is -2.23. The molecule has 0 radical (unpaired) electrons. The minimum absolute atomic E-state index is 0.281. The van der Waals surface area contributed by atoms with Crippen molar-refractivity contribution in [2.75, 3.05) is 11.9 Å². The van der Waals surface area contributed by atoms with Crippen molar-refractivity contribution >= 4 is 5.82 Å². The highest BCUT2D eigenvalue weighted by atomic mass is 19.3. The Hall–Kier alpha value is -1.26. The molecule has 1 aliphatic rings. The van der Waals surface area contributed by atoms with Gasteiger partial charge in [-0.2, -0.15) is 5.10 Å². The Bertz CT molecular complexity index is 298. The van der Waals surface area contributed by atoms with Crippen molar-refractivity contribution in [3.8, 4) is 0 Å². The van der Waals surface area contributed by atoms with E-state index in [-0.39, 0.29) is 6.54 Å². The second-order valence-corrected chi connectivity index (χ2v) is 3.63. The van der Waals surface area contributed by atoms with Crippen LogP contribution in [0.25, 0.3) is 0 Å². The summed E-state index contributed by atoms with van der Waals surface area (Å²) in [5.41, 5.74) is -0.808. The summed E-state index contributed by atoms with van der Waals surface area (Å²) in [5.74, 6) is 0.555. The number of halogens is 2. The van der Waals surface area contributed by atoms with Gasteiger partial charge in [0.2, 0.25) is 6.43 Å². The summed E-state index contributed by atoms with van der Waals surface area (Å²) in [6.45, 7) is 0.281. The molecule has 0 unspecified atom stereocenters. The topological polar surface area (TPSA) is 37.8 Å².